The van der Waals surface area contributed by atoms with Crippen molar-refractivity contribution in [3.63, 3.8) is 0 Å². The number of amides is 2. The maximum absolute atomic E-state index is 11.9. The summed E-state index contributed by atoms with van der Waals surface area (Å²) in [6.45, 7) is 0.230. The minimum absolute atomic E-state index is 0.230. The molecule has 122 valence electrons. The van der Waals surface area contributed by atoms with Crippen LogP contribution in [-0.4, -0.2) is 33.3 Å². The van der Waals surface area contributed by atoms with E-state index in [9.17, 15) is 4.79 Å². The Morgan fingerprint density at radius 2 is 2.08 bits per heavy atom. The number of aromatic nitrogens is 4. The van der Waals surface area contributed by atoms with Gasteiger partial charge in [0.1, 0.15) is 11.6 Å². The predicted octanol–water partition coefficient (Wildman–Crippen LogP) is 2.20. The summed E-state index contributed by atoms with van der Waals surface area (Å²) in [5.74, 6) is 1.79. The van der Waals surface area contributed by atoms with Crippen molar-refractivity contribution in [1.29, 1.82) is 0 Å². The van der Waals surface area contributed by atoms with Crippen molar-refractivity contribution < 1.29 is 9.53 Å². The number of urea groups is 1. The molecule has 0 saturated heterocycles. The zero-order chi connectivity index (χ0) is 16.8. The van der Waals surface area contributed by atoms with E-state index in [0.29, 0.717) is 23.1 Å². The fourth-order valence-electron chi connectivity index (χ4n) is 2.04. The molecule has 0 atom stereocenters. The molecule has 3 rings (SSSR count). The van der Waals surface area contributed by atoms with Crippen molar-refractivity contribution in [2.24, 2.45) is 0 Å². The fraction of sp³-hybridized carbons (Fsp3) is 0.125. The Morgan fingerprint density at radius 1 is 1.25 bits per heavy atom. The van der Waals surface area contributed by atoms with Gasteiger partial charge in [0, 0.05) is 29.7 Å². The second-order valence-electron chi connectivity index (χ2n) is 4.88. The van der Waals surface area contributed by atoms with Gasteiger partial charge in [-0.2, -0.15) is 5.10 Å². The summed E-state index contributed by atoms with van der Waals surface area (Å²) in [6, 6.07) is 10.4. The van der Waals surface area contributed by atoms with Gasteiger partial charge in [-0.3, -0.25) is 10.1 Å². The maximum Gasteiger partial charge on any atom is 0.319 e. The number of H-pyrrole nitrogens is 1. The molecule has 8 heteroatoms. The lowest BCUT2D eigenvalue weighted by Crippen LogP contribution is -2.28. The highest BCUT2D eigenvalue weighted by molar-refractivity contribution is 5.89. The highest BCUT2D eigenvalue weighted by Crippen LogP contribution is 2.16. The fourth-order valence-corrected chi connectivity index (χ4v) is 2.04. The lowest BCUT2D eigenvalue weighted by molar-refractivity contribution is 0.251. The lowest BCUT2D eigenvalue weighted by Gasteiger charge is -2.07. The highest BCUT2D eigenvalue weighted by Gasteiger charge is 2.07. The topological polar surface area (TPSA) is 105 Å². The molecule has 1 aromatic carbocycles. The normalized spacial score (nSPS) is 10.2. The van der Waals surface area contributed by atoms with E-state index < -0.39 is 0 Å². The van der Waals surface area contributed by atoms with Crippen molar-refractivity contribution in [2.75, 3.05) is 12.4 Å². The van der Waals surface area contributed by atoms with Crippen LogP contribution < -0.4 is 15.4 Å². The average Bonchev–Trinajstić information content (AvgIpc) is 3.10. The Bertz CT molecular complexity index is 818. The minimum atomic E-state index is -0.342. The largest absolute Gasteiger partial charge is 0.497 e. The van der Waals surface area contributed by atoms with Crippen LogP contribution in [0.2, 0.25) is 0 Å². The number of carbonyl (C=O) groups is 1. The molecule has 24 heavy (non-hydrogen) atoms. The van der Waals surface area contributed by atoms with Crippen LogP contribution in [0.5, 0.6) is 5.75 Å². The van der Waals surface area contributed by atoms with Gasteiger partial charge in [0.2, 0.25) is 0 Å². The van der Waals surface area contributed by atoms with Crippen LogP contribution in [0.15, 0.2) is 48.8 Å². The lowest BCUT2D eigenvalue weighted by atomic mass is 10.2. The third-order valence-corrected chi connectivity index (χ3v) is 3.21. The highest BCUT2D eigenvalue weighted by atomic mass is 16.5. The van der Waals surface area contributed by atoms with E-state index in [1.165, 1.54) is 0 Å². The molecule has 0 radical (unpaired) electrons. The molecule has 0 spiro atoms. The number of nitrogens with zero attached hydrogens (tertiary/aromatic N) is 3. The monoisotopic (exact) mass is 324 g/mol. The average molecular weight is 324 g/mol. The molecule has 0 aliphatic heterocycles. The van der Waals surface area contributed by atoms with Gasteiger partial charge in [-0.1, -0.05) is 6.07 Å². The smallest absolute Gasteiger partial charge is 0.319 e. The molecule has 0 aliphatic carbocycles. The molecule has 2 amide bonds. The van der Waals surface area contributed by atoms with E-state index in [4.69, 9.17) is 4.74 Å². The molecule has 2 heterocycles. The Kier molecular flexibility index (Phi) is 4.66. The van der Waals surface area contributed by atoms with E-state index in [0.717, 1.165) is 5.56 Å². The number of aromatic amines is 1. The van der Waals surface area contributed by atoms with Gasteiger partial charge in [0.05, 0.1) is 13.7 Å². The Balaban J connectivity index is 1.56. The number of anilines is 1. The quantitative estimate of drug-likeness (QED) is 0.667. The van der Waals surface area contributed by atoms with Crippen molar-refractivity contribution in [3.05, 3.63) is 54.6 Å². The number of methoxy groups -OCH3 is 1. The van der Waals surface area contributed by atoms with Crippen LogP contribution >= 0.6 is 0 Å². The zero-order valence-corrected chi connectivity index (χ0v) is 13.0. The minimum Gasteiger partial charge on any atom is -0.497 e. The van der Waals surface area contributed by atoms with Gasteiger partial charge in [0.15, 0.2) is 5.82 Å². The van der Waals surface area contributed by atoms with Crippen LogP contribution in [0.25, 0.3) is 11.4 Å². The first kappa shape index (κ1) is 15.5. The molecular weight excluding hydrogens is 308 g/mol. The predicted molar refractivity (Wildman–Crippen MR) is 88.5 cm³/mol. The van der Waals surface area contributed by atoms with Gasteiger partial charge in [-0.05, 0) is 24.3 Å². The van der Waals surface area contributed by atoms with Crippen molar-refractivity contribution in [1.82, 2.24) is 25.5 Å². The van der Waals surface area contributed by atoms with Crippen molar-refractivity contribution in [2.45, 2.75) is 6.54 Å². The van der Waals surface area contributed by atoms with Gasteiger partial charge in [-0.15, -0.1) is 0 Å². The van der Waals surface area contributed by atoms with Crippen LogP contribution in [0, 0.1) is 0 Å². The van der Waals surface area contributed by atoms with Gasteiger partial charge in [-0.25, -0.2) is 9.78 Å². The number of benzene rings is 1. The summed E-state index contributed by atoms with van der Waals surface area (Å²) in [5, 5.41) is 12.4. The van der Waals surface area contributed by atoms with E-state index in [2.05, 4.69) is 30.8 Å². The number of pyridine rings is 1. The van der Waals surface area contributed by atoms with Crippen molar-refractivity contribution >= 4 is 11.7 Å². The van der Waals surface area contributed by atoms with Crippen LogP contribution in [0.1, 0.15) is 5.82 Å². The Hall–Kier alpha value is -3.42. The molecule has 0 aliphatic rings. The molecule has 0 saturated carbocycles. The Labute approximate surface area is 138 Å². The number of hydrogen-bond acceptors (Lipinski definition) is 5. The van der Waals surface area contributed by atoms with Crippen LogP contribution in [-0.2, 0) is 6.54 Å². The summed E-state index contributed by atoms with van der Waals surface area (Å²) < 4.78 is 5.11. The third-order valence-electron chi connectivity index (χ3n) is 3.21. The Morgan fingerprint density at radius 3 is 2.88 bits per heavy atom. The number of hydrogen-bond donors (Lipinski definition) is 3. The summed E-state index contributed by atoms with van der Waals surface area (Å²) in [4.78, 5) is 20.2. The number of nitrogens with one attached hydrogen (secondary N) is 3. The van der Waals surface area contributed by atoms with E-state index in [-0.39, 0.29) is 12.6 Å². The van der Waals surface area contributed by atoms with Gasteiger partial charge < -0.3 is 15.4 Å². The van der Waals surface area contributed by atoms with Crippen molar-refractivity contribution in [3.8, 4) is 17.1 Å². The molecule has 0 bridgehead atoms. The SMILES string of the molecule is COc1cccc(NC(=O)NCc2nc(-c3ccncc3)n[nH]2)c1. The first-order valence-corrected chi connectivity index (χ1v) is 7.25. The summed E-state index contributed by atoms with van der Waals surface area (Å²) in [5.41, 5.74) is 1.50. The molecule has 8 nitrogen and oxygen atoms in total. The summed E-state index contributed by atoms with van der Waals surface area (Å²) in [6.07, 6.45) is 3.34. The van der Waals surface area contributed by atoms with Gasteiger partial charge >= 0.3 is 6.03 Å². The van der Waals surface area contributed by atoms with E-state index >= 15 is 0 Å². The zero-order valence-electron chi connectivity index (χ0n) is 13.0. The number of carbonyl (C=O) groups excluding carboxylic acids is 1. The van der Waals surface area contributed by atoms with Crippen LogP contribution in [0.4, 0.5) is 10.5 Å². The molecule has 0 unspecified atom stereocenters. The second kappa shape index (κ2) is 7.23. The summed E-state index contributed by atoms with van der Waals surface area (Å²) in [7, 11) is 1.57. The number of ether oxygens (including phenoxy) is 1. The van der Waals surface area contributed by atoms with E-state index in [1.54, 1.807) is 43.8 Å². The molecule has 3 aromatic rings. The number of rotatable bonds is 5. The second-order valence-corrected chi connectivity index (χ2v) is 4.88. The maximum atomic E-state index is 11.9. The summed E-state index contributed by atoms with van der Waals surface area (Å²) >= 11 is 0. The van der Waals surface area contributed by atoms with E-state index in [1.807, 2.05) is 12.1 Å². The molecule has 0 fully saturated rings. The molecular formula is C16H16N6O2. The third kappa shape index (κ3) is 3.86. The first-order valence-electron chi connectivity index (χ1n) is 7.25. The van der Waals surface area contributed by atoms with Gasteiger partial charge in [0.25, 0.3) is 0 Å². The first-order chi connectivity index (χ1) is 11.7. The standard InChI is InChI=1S/C16H16N6O2/c1-24-13-4-2-3-12(9-13)19-16(23)18-10-14-20-15(22-21-14)11-5-7-17-8-6-11/h2-9H,10H2,1H3,(H2,18,19,23)(H,20,21,22). The van der Waals surface area contributed by atoms with Crippen LogP contribution in [0.3, 0.4) is 0 Å². The molecule has 2 aromatic heterocycles. The molecule has 3 N–H and O–H groups in total.